The summed E-state index contributed by atoms with van der Waals surface area (Å²) in [6.07, 6.45) is 1.02. The van der Waals surface area contributed by atoms with Crippen molar-refractivity contribution in [2.24, 2.45) is 0 Å². The number of hydrogen-bond acceptors (Lipinski definition) is 2. The maximum atomic E-state index is 11.2. The summed E-state index contributed by atoms with van der Waals surface area (Å²) in [5.41, 5.74) is 0.0499. The predicted molar refractivity (Wildman–Crippen MR) is 55.7 cm³/mol. The highest BCUT2D eigenvalue weighted by Gasteiger charge is 2.15. The van der Waals surface area contributed by atoms with Crippen LogP contribution in [-0.4, -0.2) is 24.0 Å². The van der Waals surface area contributed by atoms with Gasteiger partial charge in [0, 0.05) is 11.6 Å². The highest BCUT2D eigenvalue weighted by atomic mass is 16.1. The summed E-state index contributed by atoms with van der Waals surface area (Å²) in [6, 6.07) is 0.221. The Bertz CT molecular complexity index is 164. The van der Waals surface area contributed by atoms with E-state index in [1.54, 1.807) is 0 Å². The molecule has 13 heavy (non-hydrogen) atoms. The van der Waals surface area contributed by atoms with Crippen molar-refractivity contribution in [3.05, 3.63) is 0 Å². The Morgan fingerprint density at radius 2 is 1.92 bits per heavy atom. The molecular weight excluding hydrogens is 164 g/mol. The first-order chi connectivity index (χ1) is 5.87. The van der Waals surface area contributed by atoms with Crippen LogP contribution >= 0.6 is 0 Å². The minimum atomic E-state index is 0.0499. The van der Waals surface area contributed by atoms with E-state index in [0.29, 0.717) is 6.54 Å². The number of nitrogens with one attached hydrogen (secondary N) is 2. The Morgan fingerprint density at radius 1 is 1.38 bits per heavy atom. The van der Waals surface area contributed by atoms with Gasteiger partial charge in [-0.05, 0) is 34.1 Å². The Kier molecular flexibility index (Phi) is 4.99. The van der Waals surface area contributed by atoms with Gasteiger partial charge in [-0.25, -0.2) is 0 Å². The summed E-state index contributed by atoms with van der Waals surface area (Å²) in [5, 5.41) is 6.04. The van der Waals surface area contributed by atoms with E-state index in [2.05, 4.69) is 31.4 Å². The lowest BCUT2D eigenvalue weighted by Crippen LogP contribution is -2.46. The van der Waals surface area contributed by atoms with Crippen molar-refractivity contribution in [3.63, 3.8) is 0 Å². The molecule has 0 aliphatic heterocycles. The number of amides is 1. The molecule has 0 fully saturated rings. The fourth-order valence-corrected chi connectivity index (χ4v) is 0.818. The van der Waals surface area contributed by atoms with Gasteiger partial charge in [-0.1, -0.05) is 6.92 Å². The summed E-state index contributed by atoms with van der Waals surface area (Å²) in [4.78, 5) is 11.2. The molecule has 2 N–H and O–H groups in total. The lowest BCUT2D eigenvalue weighted by Gasteiger charge is -2.24. The van der Waals surface area contributed by atoms with Crippen LogP contribution in [0.25, 0.3) is 0 Å². The van der Waals surface area contributed by atoms with Gasteiger partial charge in [-0.15, -0.1) is 0 Å². The third kappa shape index (κ3) is 6.58. The molecule has 0 spiro atoms. The minimum Gasteiger partial charge on any atom is -0.353 e. The molecule has 78 valence electrons. The normalized spacial score (nSPS) is 11.8. The summed E-state index contributed by atoms with van der Waals surface area (Å²) < 4.78 is 0. The average Bonchev–Trinajstić information content (AvgIpc) is 2.00. The third-order valence-electron chi connectivity index (χ3n) is 2.06. The van der Waals surface area contributed by atoms with Crippen LogP contribution in [0.1, 0.15) is 41.0 Å². The monoisotopic (exact) mass is 186 g/mol. The molecule has 0 aromatic rings. The quantitative estimate of drug-likeness (QED) is 0.679. The van der Waals surface area contributed by atoms with Crippen molar-refractivity contribution < 1.29 is 4.79 Å². The lowest BCUT2D eigenvalue weighted by atomic mass is 10.0. The molecule has 0 atom stereocenters. The average molecular weight is 186 g/mol. The van der Waals surface area contributed by atoms with Crippen LogP contribution in [0.5, 0.6) is 0 Å². The van der Waals surface area contributed by atoms with Gasteiger partial charge in [0.15, 0.2) is 0 Å². The number of carbonyl (C=O) groups excluding carboxylic acids is 1. The molecule has 0 aromatic heterocycles. The van der Waals surface area contributed by atoms with Crippen LogP contribution in [0.15, 0.2) is 0 Å². The van der Waals surface area contributed by atoms with E-state index < -0.39 is 0 Å². The first-order valence-electron chi connectivity index (χ1n) is 4.92. The van der Waals surface area contributed by atoms with Crippen molar-refractivity contribution in [1.29, 1.82) is 0 Å². The predicted octanol–water partition coefficient (Wildman–Crippen LogP) is 1.29. The van der Waals surface area contributed by atoms with Gasteiger partial charge in [0.2, 0.25) is 5.91 Å². The second-order valence-electron chi connectivity index (χ2n) is 4.31. The fourth-order valence-electron chi connectivity index (χ4n) is 0.818. The Morgan fingerprint density at radius 3 is 2.31 bits per heavy atom. The van der Waals surface area contributed by atoms with Crippen molar-refractivity contribution in [2.45, 2.75) is 52.6 Å². The molecule has 0 saturated carbocycles. The van der Waals surface area contributed by atoms with Gasteiger partial charge >= 0.3 is 0 Å². The standard InChI is InChI=1S/C10H22N2O/c1-6-10(4,5)11-7-9(13)12-8(2)3/h8,11H,6-7H2,1-5H3,(H,12,13). The summed E-state index contributed by atoms with van der Waals surface area (Å²) in [7, 11) is 0. The Balaban J connectivity index is 3.70. The summed E-state index contributed by atoms with van der Waals surface area (Å²) in [5.74, 6) is 0.0662. The largest absolute Gasteiger partial charge is 0.353 e. The second-order valence-corrected chi connectivity index (χ2v) is 4.31. The Labute approximate surface area is 81.3 Å². The van der Waals surface area contributed by atoms with E-state index in [4.69, 9.17) is 0 Å². The summed E-state index contributed by atoms with van der Waals surface area (Å²) in [6.45, 7) is 10.6. The van der Waals surface area contributed by atoms with Crippen LogP contribution in [0.3, 0.4) is 0 Å². The zero-order chi connectivity index (χ0) is 10.5. The lowest BCUT2D eigenvalue weighted by molar-refractivity contribution is -0.121. The SMILES string of the molecule is CCC(C)(C)NCC(=O)NC(C)C. The van der Waals surface area contributed by atoms with Gasteiger partial charge in [-0.3, -0.25) is 4.79 Å². The topological polar surface area (TPSA) is 41.1 Å². The van der Waals surface area contributed by atoms with E-state index in [9.17, 15) is 4.79 Å². The second kappa shape index (κ2) is 5.22. The number of carbonyl (C=O) groups is 1. The maximum Gasteiger partial charge on any atom is 0.234 e. The van der Waals surface area contributed by atoms with Crippen LogP contribution in [-0.2, 0) is 4.79 Å². The van der Waals surface area contributed by atoms with Gasteiger partial charge in [-0.2, -0.15) is 0 Å². The number of hydrogen-bond donors (Lipinski definition) is 2. The molecule has 0 rings (SSSR count). The van der Waals surface area contributed by atoms with Gasteiger partial charge in [0.1, 0.15) is 0 Å². The zero-order valence-electron chi connectivity index (χ0n) is 9.40. The summed E-state index contributed by atoms with van der Waals surface area (Å²) >= 11 is 0. The van der Waals surface area contributed by atoms with Crippen molar-refractivity contribution in [3.8, 4) is 0 Å². The number of rotatable bonds is 5. The molecule has 3 nitrogen and oxygen atoms in total. The minimum absolute atomic E-state index is 0.0499. The van der Waals surface area contributed by atoms with Gasteiger partial charge in [0.05, 0.1) is 6.54 Å². The van der Waals surface area contributed by atoms with Crippen molar-refractivity contribution in [1.82, 2.24) is 10.6 Å². The molecule has 1 amide bonds. The van der Waals surface area contributed by atoms with Crippen molar-refractivity contribution in [2.75, 3.05) is 6.54 Å². The smallest absolute Gasteiger partial charge is 0.234 e. The van der Waals surface area contributed by atoms with Crippen molar-refractivity contribution >= 4 is 5.91 Å². The molecule has 0 unspecified atom stereocenters. The maximum absolute atomic E-state index is 11.2. The van der Waals surface area contributed by atoms with Crippen LogP contribution in [0, 0.1) is 0 Å². The van der Waals surface area contributed by atoms with Gasteiger partial charge < -0.3 is 10.6 Å². The van der Waals surface area contributed by atoms with E-state index in [0.717, 1.165) is 6.42 Å². The van der Waals surface area contributed by atoms with Gasteiger partial charge in [0.25, 0.3) is 0 Å². The van der Waals surface area contributed by atoms with E-state index in [-0.39, 0.29) is 17.5 Å². The van der Waals surface area contributed by atoms with E-state index in [1.165, 1.54) is 0 Å². The zero-order valence-corrected chi connectivity index (χ0v) is 9.40. The highest BCUT2D eigenvalue weighted by Crippen LogP contribution is 2.05. The molecule has 0 aliphatic rings. The van der Waals surface area contributed by atoms with Crippen LogP contribution in [0.4, 0.5) is 0 Å². The molecule has 0 radical (unpaired) electrons. The molecular formula is C10H22N2O. The van der Waals surface area contributed by atoms with Crippen LogP contribution < -0.4 is 10.6 Å². The van der Waals surface area contributed by atoms with E-state index in [1.807, 2.05) is 13.8 Å². The Hall–Kier alpha value is -0.570. The molecule has 0 saturated heterocycles. The molecule has 0 heterocycles. The fraction of sp³-hybridized carbons (Fsp3) is 0.900. The molecule has 3 heteroatoms. The first-order valence-corrected chi connectivity index (χ1v) is 4.92. The molecule has 0 aliphatic carbocycles. The molecule has 0 aromatic carbocycles. The molecule has 0 bridgehead atoms. The first kappa shape index (κ1) is 12.4. The third-order valence-corrected chi connectivity index (χ3v) is 2.06. The van der Waals surface area contributed by atoms with Crippen LogP contribution in [0.2, 0.25) is 0 Å². The highest BCUT2D eigenvalue weighted by molar-refractivity contribution is 5.78. The van der Waals surface area contributed by atoms with E-state index >= 15 is 0 Å².